The van der Waals surface area contributed by atoms with Gasteiger partial charge in [-0.1, -0.05) is 12.1 Å². The third-order valence-corrected chi connectivity index (χ3v) is 5.15. The summed E-state index contributed by atoms with van der Waals surface area (Å²) in [6.07, 6.45) is 2.59. The predicted molar refractivity (Wildman–Crippen MR) is 94.4 cm³/mol. The Labute approximate surface area is 156 Å². The number of likely N-dealkylation sites (tertiary alicyclic amines) is 1. The summed E-state index contributed by atoms with van der Waals surface area (Å²) in [5.41, 5.74) is 0.837. The second-order valence-electron chi connectivity index (χ2n) is 6.83. The number of hydrogen-bond donors (Lipinski definition) is 0. The van der Waals surface area contributed by atoms with Gasteiger partial charge in [0.05, 0.1) is 19.4 Å². The molecule has 142 valence electrons. The molecule has 0 aliphatic carbocycles. The molecular formula is C20H21FN2O4. The summed E-state index contributed by atoms with van der Waals surface area (Å²) >= 11 is 0. The van der Waals surface area contributed by atoms with Crippen LogP contribution >= 0.6 is 0 Å². The molecule has 6 nitrogen and oxygen atoms in total. The number of nitrogens with zero attached hydrogens (tertiary/aromatic N) is 2. The van der Waals surface area contributed by atoms with Crippen molar-refractivity contribution in [2.45, 2.75) is 25.0 Å². The lowest BCUT2D eigenvalue weighted by Gasteiger charge is -2.36. The van der Waals surface area contributed by atoms with E-state index in [-0.39, 0.29) is 29.5 Å². The molecule has 4 rings (SSSR count). The van der Waals surface area contributed by atoms with Crippen LogP contribution in [0.3, 0.4) is 0 Å². The largest absolute Gasteiger partial charge is 0.459 e. The Kier molecular flexibility index (Phi) is 4.94. The smallest absolute Gasteiger partial charge is 0.290 e. The van der Waals surface area contributed by atoms with E-state index in [1.165, 1.54) is 18.4 Å². The number of carbonyl (C=O) groups is 2. The Morgan fingerprint density at radius 1 is 1.11 bits per heavy atom. The summed E-state index contributed by atoms with van der Waals surface area (Å²) in [4.78, 5) is 29.1. The quantitative estimate of drug-likeness (QED) is 0.831. The Balaban J connectivity index is 1.46. The second-order valence-corrected chi connectivity index (χ2v) is 6.83. The summed E-state index contributed by atoms with van der Waals surface area (Å²) in [7, 11) is 0. The Morgan fingerprint density at radius 3 is 2.67 bits per heavy atom. The third kappa shape index (κ3) is 3.60. The van der Waals surface area contributed by atoms with E-state index in [9.17, 15) is 14.0 Å². The van der Waals surface area contributed by atoms with E-state index in [1.54, 1.807) is 34.1 Å². The third-order valence-electron chi connectivity index (χ3n) is 5.15. The molecule has 2 saturated heterocycles. The maximum atomic E-state index is 13.1. The summed E-state index contributed by atoms with van der Waals surface area (Å²) in [6.45, 7) is 1.83. The first kappa shape index (κ1) is 17.7. The zero-order valence-corrected chi connectivity index (χ0v) is 14.8. The highest BCUT2D eigenvalue weighted by atomic mass is 19.1. The molecule has 2 aromatic rings. The van der Waals surface area contributed by atoms with Crippen molar-refractivity contribution in [2.24, 2.45) is 0 Å². The number of morpholine rings is 1. The first-order valence-corrected chi connectivity index (χ1v) is 9.14. The van der Waals surface area contributed by atoms with Crippen molar-refractivity contribution in [1.82, 2.24) is 9.80 Å². The fourth-order valence-corrected chi connectivity index (χ4v) is 3.75. The van der Waals surface area contributed by atoms with Crippen molar-refractivity contribution in [3.05, 3.63) is 59.8 Å². The minimum Gasteiger partial charge on any atom is -0.459 e. The maximum absolute atomic E-state index is 13.1. The molecule has 0 N–H and O–H groups in total. The van der Waals surface area contributed by atoms with E-state index in [0.29, 0.717) is 32.7 Å². The molecule has 0 spiro atoms. The van der Waals surface area contributed by atoms with Crippen molar-refractivity contribution in [3.8, 4) is 0 Å². The monoisotopic (exact) mass is 372 g/mol. The van der Waals surface area contributed by atoms with Crippen LogP contribution < -0.4 is 0 Å². The van der Waals surface area contributed by atoms with Crippen LogP contribution in [-0.4, -0.2) is 53.9 Å². The van der Waals surface area contributed by atoms with E-state index in [1.807, 2.05) is 0 Å². The van der Waals surface area contributed by atoms with Gasteiger partial charge in [0.1, 0.15) is 18.0 Å². The van der Waals surface area contributed by atoms with Gasteiger partial charge < -0.3 is 19.0 Å². The second kappa shape index (κ2) is 7.52. The van der Waals surface area contributed by atoms with E-state index in [4.69, 9.17) is 9.15 Å². The topological polar surface area (TPSA) is 63.0 Å². The SMILES string of the molecule is O=C(C1CCCN1C(=O)c1ccco1)N1CCOC(c2ccc(F)cc2)C1. The van der Waals surface area contributed by atoms with Crippen LogP contribution in [0.5, 0.6) is 0 Å². The number of benzene rings is 1. The lowest BCUT2D eigenvalue weighted by molar-refractivity contribution is -0.143. The van der Waals surface area contributed by atoms with Gasteiger partial charge in [-0.05, 0) is 42.7 Å². The van der Waals surface area contributed by atoms with Crippen LogP contribution in [-0.2, 0) is 9.53 Å². The molecule has 2 amide bonds. The average molecular weight is 372 g/mol. The van der Waals surface area contributed by atoms with Crippen LogP contribution in [0.1, 0.15) is 35.1 Å². The molecule has 2 atom stereocenters. The van der Waals surface area contributed by atoms with Gasteiger partial charge in [-0.25, -0.2) is 4.39 Å². The molecule has 0 radical (unpaired) electrons. The molecule has 0 saturated carbocycles. The molecule has 2 fully saturated rings. The van der Waals surface area contributed by atoms with E-state index in [2.05, 4.69) is 0 Å². The van der Waals surface area contributed by atoms with Crippen LogP contribution in [0.25, 0.3) is 0 Å². The fraction of sp³-hybridized carbons (Fsp3) is 0.400. The summed E-state index contributed by atoms with van der Waals surface area (Å²) in [6, 6.07) is 8.93. The molecule has 3 heterocycles. The summed E-state index contributed by atoms with van der Waals surface area (Å²) in [5.74, 6) is -0.372. The minimum atomic E-state index is -0.477. The van der Waals surface area contributed by atoms with E-state index >= 15 is 0 Å². The molecular weight excluding hydrogens is 351 g/mol. The Morgan fingerprint density at radius 2 is 1.93 bits per heavy atom. The van der Waals surface area contributed by atoms with Crippen molar-refractivity contribution in [1.29, 1.82) is 0 Å². The van der Waals surface area contributed by atoms with E-state index < -0.39 is 6.04 Å². The number of carbonyl (C=O) groups excluding carboxylic acids is 2. The number of ether oxygens (including phenoxy) is 1. The molecule has 2 unspecified atom stereocenters. The summed E-state index contributed by atoms with van der Waals surface area (Å²) < 4.78 is 24.1. The van der Waals surface area contributed by atoms with Crippen LogP contribution in [0, 0.1) is 5.82 Å². The molecule has 2 aliphatic rings. The molecule has 1 aromatic carbocycles. The van der Waals surface area contributed by atoms with Crippen molar-refractivity contribution in [2.75, 3.05) is 26.2 Å². The number of furan rings is 1. The van der Waals surface area contributed by atoms with Gasteiger partial charge in [0.25, 0.3) is 5.91 Å². The van der Waals surface area contributed by atoms with Gasteiger partial charge in [0.15, 0.2) is 5.76 Å². The standard InChI is InChI=1S/C20H21FN2O4/c21-15-7-5-14(6-8-15)18-13-22(10-12-27-18)19(24)16-3-1-9-23(16)20(25)17-4-2-11-26-17/h2,4-8,11,16,18H,1,3,9-10,12-13H2. The molecule has 0 bridgehead atoms. The molecule has 27 heavy (non-hydrogen) atoms. The van der Waals surface area contributed by atoms with Crippen molar-refractivity contribution < 1.29 is 23.1 Å². The highest BCUT2D eigenvalue weighted by Crippen LogP contribution is 2.26. The number of rotatable bonds is 3. The number of amides is 2. The van der Waals surface area contributed by atoms with Gasteiger partial charge >= 0.3 is 0 Å². The molecule has 2 aliphatic heterocycles. The van der Waals surface area contributed by atoms with Gasteiger partial charge in [-0.2, -0.15) is 0 Å². The lowest BCUT2D eigenvalue weighted by Crippen LogP contribution is -2.51. The van der Waals surface area contributed by atoms with Crippen molar-refractivity contribution >= 4 is 11.8 Å². The van der Waals surface area contributed by atoms with Crippen LogP contribution in [0.4, 0.5) is 4.39 Å². The zero-order valence-electron chi connectivity index (χ0n) is 14.8. The van der Waals surface area contributed by atoms with Gasteiger partial charge in [0.2, 0.25) is 5.91 Å². The molecule has 1 aromatic heterocycles. The first-order valence-electron chi connectivity index (χ1n) is 9.14. The van der Waals surface area contributed by atoms with Gasteiger partial charge in [-0.3, -0.25) is 9.59 Å². The fourth-order valence-electron chi connectivity index (χ4n) is 3.75. The van der Waals surface area contributed by atoms with Crippen LogP contribution in [0.2, 0.25) is 0 Å². The maximum Gasteiger partial charge on any atom is 0.290 e. The first-order chi connectivity index (χ1) is 13.1. The summed E-state index contributed by atoms with van der Waals surface area (Å²) in [5, 5.41) is 0. The number of halogens is 1. The minimum absolute atomic E-state index is 0.0668. The van der Waals surface area contributed by atoms with Crippen LogP contribution in [0.15, 0.2) is 47.1 Å². The highest BCUT2D eigenvalue weighted by molar-refractivity contribution is 5.96. The Bertz CT molecular complexity index is 806. The lowest BCUT2D eigenvalue weighted by atomic mass is 10.1. The van der Waals surface area contributed by atoms with E-state index in [0.717, 1.165) is 12.0 Å². The van der Waals surface area contributed by atoms with Gasteiger partial charge in [0, 0.05) is 13.1 Å². The van der Waals surface area contributed by atoms with Crippen molar-refractivity contribution in [3.63, 3.8) is 0 Å². The number of hydrogen-bond acceptors (Lipinski definition) is 4. The normalized spacial score (nSPS) is 22.9. The van der Waals surface area contributed by atoms with Gasteiger partial charge in [-0.15, -0.1) is 0 Å². The predicted octanol–water partition coefficient (Wildman–Crippen LogP) is 2.62. The average Bonchev–Trinajstić information content (AvgIpc) is 3.39. The highest BCUT2D eigenvalue weighted by Gasteiger charge is 2.39. The molecule has 7 heteroatoms. The Hall–Kier alpha value is -2.67. The zero-order chi connectivity index (χ0) is 18.8.